The molecule has 9 heteroatoms. The van der Waals surface area contributed by atoms with Crippen LogP contribution in [0.1, 0.15) is 30.9 Å². The Morgan fingerprint density at radius 2 is 2.00 bits per heavy atom. The van der Waals surface area contributed by atoms with E-state index in [0.29, 0.717) is 12.5 Å². The maximum Gasteiger partial charge on any atom is 0.329 e. The van der Waals surface area contributed by atoms with Gasteiger partial charge in [-0.25, -0.2) is 4.79 Å². The average molecular weight is 318 g/mol. The van der Waals surface area contributed by atoms with Crippen molar-refractivity contribution in [2.24, 2.45) is 7.05 Å². The first-order valence-electron chi connectivity index (χ1n) is 7.44. The Balaban J connectivity index is 1.91. The summed E-state index contributed by atoms with van der Waals surface area (Å²) in [5.41, 5.74) is 1.47. The summed E-state index contributed by atoms with van der Waals surface area (Å²) in [6, 6.07) is 0. The topological polar surface area (TPSA) is 122 Å². The number of aryl methyl sites for hydroxylation is 2. The first-order chi connectivity index (χ1) is 11.0. The fourth-order valence-corrected chi connectivity index (χ4v) is 2.46. The standard InChI is InChI=1S/C14H18N6O3/c1-4-8-7(9(5-2)23-19-8)6-15-13-16-10-11(17-13)18-14(22)20(3)12(10)21/h4-6H2,1-3H3,(H,18,22)(H2,15,16,17). The lowest BCUT2D eigenvalue weighted by atomic mass is 10.1. The third kappa shape index (κ3) is 2.54. The summed E-state index contributed by atoms with van der Waals surface area (Å²) >= 11 is 0. The predicted molar refractivity (Wildman–Crippen MR) is 84.5 cm³/mol. The first-order valence-corrected chi connectivity index (χ1v) is 7.44. The Morgan fingerprint density at radius 1 is 1.22 bits per heavy atom. The van der Waals surface area contributed by atoms with E-state index in [4.69, 9.17) is 4.52 Å². The summed E-state index contributed by atoms with van der Waals surface area (Å²) in [5, 5.41) is 7.17. The number of aromatic amines is 2. The molecule has 0 radical (unpaired) electrons. The van der Waals surface area contributed by atoms with E-state index in [-0.39, 0.29) is 11.2 Å². The maximum atomic E-state index is 12.0. The van der Waals surface area contributed by atoms with E-state index in [9.17, 15) is 9.59 Å². The molecule has 0 saturated carbocycles. The second-order valence-electron chi connectivity index (χ2n) is 5.19. The molecule has 0 bridgehead atoms. The van der Waals surface area contributed by atoms with Gasteiger partial charge >= 0.3 is 5.69 Å². The zero-order chi connectivity index (χ0) is 16.6. The van der Waals surface area contributed by atoms with Crippen molar-refractivity contribution in [3.05, 3.63) is 37.9 Å². The fraction of sp³-hybridized carbons (Fsp3) is 0.429. The lowest BCUT2D eigenvalue weighted by molar-refractivity contribution is 0.380. The van der Waals surface area contributed by atoms with Gasteiger partial charge in [0.1, 0.15) is 5.76 Å². The highest BCUT2D eigenvalue weighted by Crippen LogP contribution is 2.17. The zero-order valence-corrected chi connectivity index (χ0v) is 13.2. The molecule has 0 aliphatic carbocycles. The Morgan fingerprint density at radius 3 is 2.70 bits per heavy atom. The van der Waals surface area contributed by atoms with Crippen LogP contribution in [0.15, 0.2) is 14.1 Å². The highest BCUT2D eigenvalue weighted by molar-refractivity contribution is 5.71. The molecular weight excluding hydrogens is 300 g/mol. The normalized spacial score (nSPS) is 11.3. The van der Waals surface area contributed by atoms with Crippen LogP contribution in [0.5, 0.6) is 0 Å². The number of H-pyrrole nitrogens is 2. The molecule has 0 saturated heterocycles. The lowest BCUT2D eigenvalue weighted by Gasteiger charge is -2.03. The molecule has 3 rings (SSSR count). The Kier molecular flexibility index (Phi) is 3.77. The second-order valence-corrected chi connectivity index (χ2v) is 5.19. The van der Waals surface area contributed by atoms with E-state index in [2.05, 4.69) is 25.4 Å². The van der Waals surface area contributed by atoms with Crippen LogP contribution in [0.25, 0.3) is 11.2 Å². The van der Waals surface area contributed by atoms with Crippen LogP contribution >= 0.6 is 0 Å². The van der Waals surface area contributed by atoms with Gasteiger partial charge in [0.15, 0.2) is 11.2 Å². The van der Waals surface area contributed by atoms with Crippen molar-refractivity contribution in [1.29, 1.82) is 0 Å². The quantitative estimate of drug-likeness (QED) is 0.636. The molecule has 9 nitrogen and oxygen atoms in total. The molecule has 0 aliphatic heterocycles. The third-order valence-electron chi connectivity index (χ3n) is 3.79. The predicted octanol–water partition coefficient (Wildman–Crippen LogP) is 0.675. The molecular formula is C14H18N6O3. The molecule has 0 spiro atoms. The van der Waals surface area contributed by atoms with Crippen LogP contribution in [0, 0.1) is 0 Å². The fourth-order valence-electron chi connectivity index (χ4n) is 2.46. The summed E-state index contributed by atoms with van der Waals surface area (Å²) in [7, 11) is 1.41. The Hall–Kier alpha value is -2.84. The van der Waals surface area contributed by atoms with Crippen LogP contribution in [0.3, 0.4) is 0 Å². The molecule has 0 atom stereocenters. The summed E-state index contributed by atoms with van der Waals surface area (Å²) in [4.78, 5) is 33.2. The minimum absolute atomic E-state index is 0.234. The highest BCUT2D eigenvalue weighted by Gasteiger charge is 2.15. The molecule has 3 N–H and O–H groups in total. The van der Waals surface area contributed by atoms with Crippen LogP contribution in [-0.2, 0) is 26.4 Å². The van der Waals surface area contributed by atoms with Gasteiger partial charge in [-0.05, 0) is 6.42 Å². The Labute approximate surface area is 130 Å². The molecule has 0 aromatic carbocycles. The van der Waals surface area contributed by atoms with Crippen LogP contribution in [0.4, 0.5) is 5.95 Å². The smallest absolute Gasteiger partial charge is 0.329 e. The van der Waals surface area contributed by atoms with E-state index in [0.717, 1.165) is 34.4 Å². The zero-order valence-electron chi connectivity index (χ0n) is 13.2. The SMILES string of the molecule is CCc1noc(CC)c1CNc1nc2[nH]c(=O)n(C)c(=O)c2[nH]1. The number of fused-ring (bicyclic) bond motifs is 1. The number of anilines is 1. The van der Waals surface area contributed by atoms with E-state index in [1.165, 1.54) is 7.05 Å². The van der Waals surface area contributed by atoms with Gasteiger partial charge < -0.3 is 14.8 Å². The van der Waals surface area contributed by atoms with Crippen molar-refractivity contribution < 1.29 is 4.52 Å². The first kappa shape index (κ1) is 15.1. The molecule has 3 aromatic heterocycles. The van der Waals surface area contributed by atoms with Gasteiger partial charge in [0, 0.05) is 25.6 Å². The number of rotatable bonds is 5. The van der Waals surface area contributed by atoms with Crippen molar-refractivity contribution >= 4 is 17.1 Å². The van der Waals surface area contributed by atoms with Crippen LogP contribution in [-0.4, -0.2) is 24.7 Å². The van der Waals surface area contributed by atoms with E-state index >= 15 is 0 Å². The second kappa shape index (κ2) is 5.75. The Bertz CT molecular complexity index is 940. The van der Waals surface area contributed by atoms with Gasteiger partial charge in [0.05, 0.1) is 5.69 Å². The summed E-state index contributed by atoms with van der Waals surface area (Å²) in [6.45, 7) is 4.48. The van der Waals surface area contributed by atoms with E-state index in [1.54, 1.807) is 0 Å². The minimum atomic E-state index is -0.499. The molecule has 0 amide bonds. The molecule has 0 unspecified atom stereocenters. The molecule has 23 heavy (non-hydrogen) atoms. The van der Waals surface area contributed by atoms with Gasteiger partial charge in [-0.2, -0.15) is 4.98 Å². The van der Waals surface area contributed by atoms with Gasteiger partial charge in [0.25, 0.3) is 5.56 Å². The van der Waals surface area contributed by atoms with Crippen LogP contribution < -0.4 is 16.6 Å². The molecule has 122 valence electrons. The number of nitrogens with one attached hydrogen (secondary N) is 3. The summed E-state index contributed by atoms with van der Waals surface area (Å²) in [5.74, 6) is 1.24. The van der Waals surface area contributed by atoms with Gasteiger partial charge in [-0.1, -0.05) is 19.0 Å². The minimum Gasteiger partial charge on any atom is -0.361 e. The number of nitrogens with zero attached hydrogens (tertiary/aromatic N) is 3. The molecule has 3 aromatic rings. The maximum absolute atomic E-state index is 12.0. The average Bonchev–Trinajstić information content (AvgIpc) is 3.13. The van der Waals surface area contributed by atoms with E-state index < -0.39 is 11.2 Å². The van der Waals surface area contributed by atoms with E-state index in [1.807, 2.05) is 13.8 Å². The third-order valence-corrected chi connectivity index (χ3v) is 3.79. The summed E-state index contributed by atoms with van der Waals surface area (Å²) < 4.78 is 6.31. The van der Waals surface area contributed by atoms with Gasteiger partial charge in [-0.15, -0.1) is 0 Å². The number of aromatic nitrogens is 5. The van der Waals surface area contributed by atoms with Gasteiger partial charge in [0.2, 0.25) is 5.95 Å². The van der Waals surface area contributed by atoms with Crippen LogP contribution in [0.2, 0.25) is 0 Å². The van der Waals surface area contributed by atoms with Crippen molar-refractivity contribution in [2.75, 3.05) is 5.32 Å². The largest absolute Gasteiger partial charge is 0.361 e. The number of imidazole rings is 1. The molecule has 3 heterocycles. The van der Waals surface area contributed by atoms with Crippen molar-refractivity contribution in [3.8, 4) is 0 Å². The molecule has 0 aliphatic rings. The van der Waals surface area contributed by atoms with Crippen molar-refractivity contribution in [3.63, 3.8) is 0 Å². The summed E-state index contributed by atoms with van der Waals surface area (Å²) in [6.07, 6.45) is 1.52. The number of hydrogen-bond acceptors (Lipinski definition) is 6. The molecule has 0 fully saturated rings. The number of hydrogen-bond donors (Lipinski definition) is 3. The lowest BCUT2D eigenvalue weighted by Crippen LogP contribution is -2.32. The van der Waals surface area contributed by atoms with Crippen molar-refractivity contribution in [2.45, 2.75) is 33.2 Å². The van der Waals surface area contributed by atoms with Crippen molar-refractivity contribution in [1.82, 2.24) is 24.7 Å². The monoisotopic (exact) mass is 318 g/mol. The highest BCUT2D eigenvalue weighted by atomic mass is 16.5. The van der Waals surface area contributed by atoms with Gasteiger partial charge in [-0.3, -0.25) is 14.3 Å².